The van der Waals surface area contributed by atoms with Crippen molar-refractivity contribution in [3.8, 4) is 5.88 Å². The molecule has 1 aromatic heterocycles. The van der Waals surface area contributed by atoms with Gasteiger partial charge in [-0.25, -0.2) is 4.98 Å². The molecular formula is C11H18ClN3O2. The minimum atomic E-state index is 0. The molecule has 0 atom stereocenters. The van der Waals surface area contributed by atoms with Gasteiger partial charge in [-0.15, -0.1) is 12.4 Å². The molecule has 2 heterocycles. The van der Waals surface area contributed by atoms with Crippen LogP contribution in [0.5, 0.6) is 5.88 Å². The highest BCUT2D eigenvalue weighted by molar-refractivity contribution is 5.85. The van der Waals surface area contributed by atoms with Gasteiger partial charge in [-0.1, -0.05) is 0 Å². The van der Waals surface area contributed by atoms with Crippen LogP contribution >= 0.6 is 12.4 Å². The Morgan fingerprint density at radius 3 is 2.71 bits per heavy atom. The summed E-state index contributed by atoms with van der Waals surface area (Å²) in [5.74, 6) is 0.552. The summed E-state index contributed by atoms with van der Waals surface area (Å²) < 4.78 is 10.9. The van der Waals surface area contributed by atoms with E-state index in [1.165, 1.54) is 0 Å². The molecule has 1 fully saturated rings. The first-order valence-corrected chi connectivity index (χ1v) is 5.56. The standard InChI is InChI=1S/C11H17N3O2.ClH/c1-15-11-10(13-6-7-14-11)8-16-9-2-4-12-5-3-9;/h6-7,9,12H,2-5,8H2,1H3;1H. The van der Waals surface area contributed by atoms with Gasteiger partial charge in [0.2, 0.25) is 5.88 Å². The van der Waals surface area contributed by atoms with Crippen LogP contribution in [0.4, 0.5) is 0 Å². The third-order valence-corrected chi connectivity index (χ3v) is 2.67. The van der Waals surface area contributed by atoms with E-state index in [1.807, 2.05) is 0 Å². The van der Waals surface area contributed by atoms with Crippen LogP contribution in [0.3, 0.4) is 0 Å². The van der Waals surface area contributed by atoms with Crippen LogP contribution < -0.4 is 10.1 Å². The van der Waals surface area contributed by atoms with Gasteiger partial charge < -0.3 is 14.8 Å². The van der Waals surface area contributed by atoms with Crippen molar-refractivity contribution in [1.29, 1.82) is 0 Å². The summed E-state index contributed by atoms with van der Waals surface area (Å²) in [5.41, 5.74) is 0.767. The molecule has 0 unspecified atom stereocenters. The first-order valence-electron chi connectivity index (χ1n) is 5.56. The van der Waals surface area contributed by atoms with E-state index in [-0.39, 0.29) is 12.4 Å². The fourth-order valence-corrected chi connectivity index (χ4v) is 1.78. The van der Waals surface area contributed by atoms with Gasteiger partial charge >= 0.3 is 0 Å². The van der Waals surface area contributed by atoms with Crippen molar-refractivity contribution in [2.75, 3.05) is 20.2 Å². The second-order valence-electron chi connectivity index (χ2n) is 3.77. The van der Waals surface area contributed by atoms with Crippen molar-refractivity contribution in [2.24, 2.45) is 0 Å². The zero-order valence-electron chi connectivity index (χ0n) is 9.89. The highest BCUT2D eigenvalue weighted by Crippen LogP contribution is 2.15. The summed E-state index contributed by atoms with van der Waals surface area (Å²) in [6.45, 7) is 2.53. The summed E-state index contributed by atoms with van der Waals surface area (Å²) in [4.78, 5) is 8.29. The van der Waals surface area contributed by atoms with Crippen molar-refractivity contribution in [1.82, 2.24) is 15.3 Å². The van der Waals surface area contributed by atoms with E-state index in [2.05, 4.69) is 15.3 Å². The fourth-order valence-electron chi connectivity index (χ4n) is 1.78. The highest BCUT2D eigenvalue weighted by atomic mass is 35.5. The highest BCUT2D eigenvalue weighted by Gasteiger charge is 2.14. The topological polar surface area (TPSA) is 56.3 Å². The Morgan fingerprint density at radius 2 is 2.00 bits per heavy atom. The van der Waals surface area contributed by atoms with Crippen LogP contribution in [-0.2, 0) is 11.3 Å². The van der Waals surface area contributed by atoms with Gasteiger partial charge in [-0.2, -0.15) is 0 Å². The van der Waals surface area contributed by atoms with Crippen molar-refractivity contribution >= 4 is 12.4 Å². The normalized spacial score (nSPS) is 16.3. The van der Waals surface area contributed by atoms with Gasteiger partial charge in [-0.3, -0.25) is 4.98 Å². The number of ether oxygens (including phenoxy) is 2. The zero-order valence-corrected chi connectivity index (χ0v) is 10.7. The van der Waals surface area contributed by atoms with Gasteiger partial charge in [0.1, 0.15) is 5.69 Å². The molecule has 0 bridgehead atoms. The Kier molecular flexibility index (Phi) is 6.18. The molecule has 0 aliphatic carbocycles. The molecule has 0 radical (unpaired) electrons. The van der Waals surface area contributed by atoms with Crippen molar-refractivity contribution < 1.29 is 9.47 Å². The fraction of sp³-hybridized carbons (Fsp3) is 0.636. The number of hydrogen-bond acceptors (Lipinski definition) is 5. The lowest BCUT2D eigenvalue weighted by Crippen LogP contribution is -2.32. The lowest BCUT2D eigenvalue weighted by Gasteiger charge is -2.22. The lowest BCUT2D eigenvalue weighted by atomic mass is 10.1. The summed E-state index contributed by atoms with van der Waals surface area (Å²) in [6.07, 6.45) is 5.72. The van der Waals surface area contributed by atoms with Crippen LogP contribution in [0.15, 0.2) is 12.4 Å². The third-order valence-electron chi connectivity index (χ3n) is 2.67. The van der Waals surface area contributed by atoms with Gasteiger partial charge in [0, 0.05) is 12.4 Å². The summed E-state index contributed by atoms with van der Waals surface area (Å²) in [6, 6.07) is 0. The number of methoxy groups -OCH3 is 1. The number of piperidine rings is 1. The van der Waals surface area contributed by atoms with Crippen LogP contribution in [0.1, 0.15) is 18.5 Å². The van der Waals surface area contributed by atoms with E-state index in [0.29, 0.717) is 18.6 Å². The molecule has 17 heavy (non-hydrogen) atoms. The van der Waals surface area contributed by atoms with Gasteiger partial charge in [0.15, 0.2) is 0 Å². The Bertz CT molecular complexity index is 332. The number of hydrogen-bond donors (Lipinski definition) is 1. The average Bonchev–Trinajstić information content (AvgIpc) is 2.38. The van der Waals surface area contributed by atoms with Crippen LogP contribution in [0.2, 0.25) is 0 Å². The summed E-state index contributed by atoms with van der Waals surface area (Å²) in [5, 5.41) is 3.30. The largest absolute Gasteiger partial charge is 0.480 e. The van der Waals surface area contributed by atoms with Gasteiger partial charge in [0.25, 0.3) is 0 Å². The molecule has 1 aromatic rings. The molecule has 1 aliphatic heterocycles. The van der Waals surface area contributed by atoms with E-state index in [1.54, 1.807) is 19.5 Å². The number of halogens is 1. The molecule has 0 saturated carbocycles. The monoisotopic (exact) mass is 259 g/mol. The number of aromatic nitrogens is 2. The van der Waals surface area contributed by atoms with E-state index in [4.69, 9.17) is 9.47 Å². The third kappa shape index (κ3) is 4.11. The van der Waals surface area contributed by atoms with Crippen LogP contribution in [0, 0.1) is 0 Å². The average molecular weight is 260 g/mol. The number of nitrogens with one attached hydrogen (secondary N) is 1. The quantitative estimate of drug-likeness (QED) is 0.880. The molecule has 2 rings (SSSR count). The zero-order chi connectivity index (χ0) is 11.2. The molecule has 96 valence electrons. The second-order valence-corrected chi connectivity index (χ2v) is 3.77. The van der Waals surface area contributed by atoms with E-state index in [0.717, 1.165) is 31.6 Å². The Morgan fingerprint density at radius 1 is 1.29 bits per heavy atom. The molecule has 5 nitrogen and oxygen atoms in total. The molecule has 0 spiro atoms. The Balaban J connectivity index is 0.00000144. The van der Waals surface area contributed by atoms with Crippen molar-refractivity contribution in [3.05, 3.63) is 18.1 Å². The maximum Gasteiger partial charge on any atom is 0.237 e. The Labute approximate surface area is 107 Å². The molecule has 0 amide bonds. The summed E-state index contributed by atoms with van der Waals surface area (Å²) in [7, 11) is 1.60. The first kappa shape index (κ1) is 14.2. The number of rotatable bonds is 4. The van der Waals surface area contributed by atoms with Crippen LogP contribution in [0.25, 0.3) is 0 Å². The SMILES string of the molecule is COc1nccnc1COC1CCNCC1.Cl. The minimum absolute atomic E-state index is 0. The van der Waals surface area contributed by atoms with Gasteiger partial charge in [-0.05, 0) is 25.9 Å². The first-order chi connectivity index (χ1) is 7.90. The maximum absolute atomic E-state index is 5.79. The molecule has 1 aliphatic rings. The van der Waals surface area contributed by atoms with E-state index >= 15 is 0 Å². The van der Waals surface area contributed by atoms with E-state index in [9.17, 15) is 0 Å². The van der Waals surface area contributed by atoms with Gasteiger partial charge in [0.05, 0.1) is 19.8 Å². The maximum atomic E-state index is 5.79. The molecular weight excluding hydrogens is 242 g/mol. The molecule has 0 aromatic carbocycles. The van der Waals surface area contributed by atoms with E-state index < -0.39 is 0 Å². The molecule has 6 heteroatoms. The second kappa shape index (κ2) is 7.42. The molecule has 1 saturated heterocycles. The summed E-state index contributed by atoms with van der Waals surface area (Å²) >= 11 is 0. The minimum Gasteiger partial charge on any atom is -0.480 e. The predicted molar refractivity (Wildman–Crippen MR) is 66.5 cm³/mol. The Hall–Kier alpha value is -0.910. The van der Waals surface area contributed by atoms with Crippen molar-refractivity contribution in [2.45, 2.75) is 25.6 Å². The molecule has 1 N–H and O–H groups in total. The smallest absolute Gasteiger partial charge is 0.237 e. The van der Waals surface area contributed by atoms with Crippen molar-refractivity contribution in [3.63, 3.8) is 0 Å². The lowest BCUT2D eigenvalue weighted by molar-refractivity contribution is 0.0184. The van der Waals surface area contributed by atoms with Crippen LogP contribution in [-0.4, -0.2) is 36.3 Å². The predicted octanol–water partition coefficient (Wildman–Crippen LogP) is 1.18. The number of nitrogens with zero attached hydrogens (tertiary/aromatic N) is 2.